The van der Waals surface area contributed by atoms with Gasteiger partial charge in [-0.3, -0.25) is 9.69 Å². The van der Waals surface area contributed by atoms with Gasteiger partial charge in [-0.1, -0.05) is 78.4 Å². The van der Waals surface area contributed by atoms with Gasteiger partial charge in [0.1, 0.15) is 0 Å². The highest BCUT2D eigenvalue weighted by Gasteiger charge is 2.33. The summed E-state index contributed by atoms with van der Waals surface area (Å²) in [5.41, 5.74) is 3.49. The molecule has 1 aliphatic rings. The van der Waals surface area contributed by atoms with Gasteiger partial charge in [0.2, 0.25) is 10.0 Å². The summed E-state index contributed by atoms with van der Waals surface area (Å²) in [6, 6.07) is 24.8. The van der Waals surface area contributed by atoms with Gasteiger partial charge in [0.05, 0.1) is 12.0 Å². The number of benzene rings is 3. The number of hydrogen-bond acceptors (Lipinski definition) is 5. The van der Waals surface area contributed by atoms with Gasteiger partial charge >= 0.3 is 5.97 Å². The second-order valence-electron chi connectivity index (χ2n) is 9.46. The Morgan fingerprint density at radius 1 is 1.03 bits per heavy atom. The number of hydrogen-bond donors (Lipinski definition) is 1. The summed E-state index contributed by atoms with van der Waals surface area (Å²) in [4.78, 5) is 13.9. The Hall–Kier alpha value is -2.97. The molecule has 200 valence electrons. The molecule has 1 aliphatic heterocycles. The lowest BCUT2D eigenvalue weighted by Crippen LogP contribution is -2.37. The number of sulfonamides is 1. The summed E-state index contributed by atoms with van der Waals surface area (Å²) in [7, 11) is -2.27. The van der Waals surface area contributed by atoms with E-state index in [1.807, 2.05) is 18.2 Å². The Morgan fingerprint density at radius 3 is 2.39 bits per heavy atom. The van der Waals surface area contributed by atoms with E-state index in [0.717, 1.165) is 17.5 Å². The minimum atomic E-state index is -3.67. The molecule has 1 saturated heterocycles. The number of allylic oxidation sites excluding steroid dienone is 1. The Bertz CT molecular complexity index is 1330. The first kappa shape index (κ1) is 28.0. The van der Waals surface area contributed by atoms with Gasteiger partial charge in [0, 0.05) is 36.6 Å². The average molecular weight is 553 g/mol. The Morgan fingerprint density at radius 2 is 1.71 bits per heavy atom. The fourth-order valence-corrected chi connectivity index (χ4v) is 6.06. The molecule has 1 fully saturated rings. The van der Waals surface area contributed by atoms with Crippen LogP contribution < -0.4 is 4.72 Å². The van der Waals surface area contributed by atoms with E-state index >= 15 is 0 Å². The second-order valence-corrected chi connectivity index (χ2v) is 11.6. The van der Waals surface area contributed by atoms with Gasteiger partial charge in [-0.05, 0) is 60.2 Å². The number of halogens is 1. The molecule has 1 N–H and O–H groups in total. The van der Waals surface area contributed by atoms with Crippen molar-refractivity contribution >= 4 is 27.6 Å². The summed E-state index contributed by atoms with van der Waals surface area (Å²) < 4.78 is 33.6. The molecule has 8 heteroatoms. The quantitative estimate of drug-likeness (QED) is 0.184. The van der Waals surface area contributed by atoms with Crippen molar-refractivity contribution in [3.8, 4) is 11.1 Å². The molecule has 0 aromatic heterocycles. The van der Waals surface area contributed by atoms with E-state index in [1.165, 1.54) is 24.8 Å². The third kappa shape index (κ3) is 7.77. The number of rotatable bonds is 11. The molecular weight excluding hydrogens is 520 g/mol. The van der Waals surface area contributed by atoms with Crippen LogP contribution >= 0.6 is 11.6 Å². The average Bonchev–Trinajstić information content (AvgIpc) is 3.29. The summed E-state index contributed by atoms with van der Waals surface area (Å²) in [5, 5.41) is 0.492. The molecule has 38 heavy (non-hydrogen) atoms. The molecule has 0 amide bonds. The van der Waals surface area contributed by atoms with Crippen molar-refractivity contribution in [2.75, 3.05) is 13.7 Å². The van der Waals surface area contributed by atoms with Crippen molar-refractivity contribution in [1.82, 2.24) is 9.62 Å². The van der Waals surface area contributed by atoms with Crippen molar-refractivity contribution in [1.29, 1.82) is 0 Å². The predicted octanol–water partition coefficient (Wildman–Crippen LogP) is 5.83. The van der Waals surface area contributed by atoms with Gasteiger partial charge < -0.3 is 4.74 Å². The van der Waals surface area contributed by atoms with E-state index in [4.69, 9.17) is 16.3 Å². The first-order valence-electron chi connectivity index (χ1n) is 12.7. The van der Waals surface area contributed by atoms with Gasteiger partial charge in [-0.15, -0.1) is 0 Å². The Kier molecular flexibility index (Phi) is 9.74. The molecule has 0 unspecified atom stereocenters. The van der Waals surface area contributed by atoms with Gasteiger partial charge in [0.15, 0.2) is 0 Å². The zero-order chi connectivity index (χ0) is 27.0. The SMILES string of the molecule is COC(=O)CCC/C=C\[C@@H]1C[C@@H](NS(=O)(=O)c2ccc(Cl)cc2)CN1Cc1ccc(-c2ccccc2)cc1. The molecule has 0 aliphatic carbocycles. The summed E-state index contributed by atoms with van der Waals surface area (Å²) in [6.45, 7) is 1.29. The van der Waals surface area contributed by atoms with Crippen LogP contribution in [0.3, 0.4) is 0 Å². The van der Waals surface area contributed by atoms with E-state index in [-0.39, 0.29) is 22.9 Å². The maximum Gasteiger partial charge on any atom is 0.305 e. The highest BCUT2D eigenvalue weighted by molar-refractivity contribution is 7.89. The largest absolute Gasteiger partial charge is 0.469 e. The minimum Gasteiger partial charge on any atom is -0.469 e. The van der Waals surface area contributed by atoms with Crippen LogP contribution in [0.2, 0.25) is 5.02 Å². The number of ether oxygens (including phenoxy) is 1. The Balaban J connectivity index is 1.45. The van der Waals surface area contributed by atoms with Crippen LogP contribution in [0.4, 0.5) is 0 Å². The molecule has 0 bridgehead atoms. The number of methoxy groups -OCH3 is 1. The summed E-state index contributed by atoms with van der Waals surface area (Å²) >= 11 is 5.93. The number of carbonyl (C=O) groups excluding carboxylic acids is 1. The molecule has 0 spiro atoms. The topological polar surface area (TPSA) is 75.7 Å². The lowest BCUT2D eigenvalue weighted by molar-refractivity contribution is -0.140. The fourth-order valence-electron chi connectivity index (χ4n) is 4.69. The van der Waals surface area contributed by atoms with Crippen LogP contribution in [0.25, 0.3) is 11.1 Å². The van der Waals surface area contributed by atoms with Gasteiger partial charge in [0.25, 0.3) is 0 Å². The molecule has 3 aromatic rings. The van der Waals surface area contributed by atoms with Gasteiger partial charge in [-0.2, -0.15) is 0 Å². The highest BCUT2D eigenvalue weighted by Crippen LogP contribution is 2.26. The standard InChI is InChI=1S/C30H33ClN2O4S/c1-37-30(34)11-7-3-6-10-28-20-27(32-38(35,36)29-18-16-26(31)17-19-29)22-33(28)21-23-12-14-25(15-13-23)24-8-4-2-5-9-24/h2,4-6,8-10,12-19,27-28,32H,3,7,11,20-22H2,1H3/b10-6-/t27-,28-/m1/s1. The number of nitrogens with zero attached hydrogens (tertiary/aromatic N) is 1. The van der Waals surface area contributed by atoms with Crippen LogP contribution in [-0.2, 0) is 26.1 Å². The number of esters is 1. The number of nitrogens with one attached hydrogen (secondary N) is 1. The van der Waals surface area contributed by atoms with E-state index < -0.39 is 10.0 Å². The van der Waals surface area contributed by atoms with Crippen molar-refractivity contribution in [3.05, 3.63) is 102 Å². The molecular formula is C30H33ClN2O4S. The molecule has 4 rings (SSSR count). The zero-order valence-corrected chi connectivity index (χ0v) is 23.0. The minimum absolute atomic E-state index is 0.0693. The second kappa shape index (κ2) is 13.2. The molecule has 0 saturated carbocycles. The van der Waals surface area contributed by atoms with Crippen molar-refractivity contribution in [3.63, 3.8) is 0 Å². The zero-order valence-electron chi connectivity index (χ0n) is 21.4. The van der Waals surface area contributed by atoms with Crippen LogP contribution in [0.1, 0.15) is 31.2 Å². The molecule has 6 nitrogen and oxygen atoms in total. The lowest BCUT2D eigenvalue weighted by atomic mass is 10.0. The number of carbonyl (C=O) groups is 1. The normalized spacial score (nSPS) is 18.2. The maximum absolute atomic E-state index is 13.0. The van der Waals surface area contributed by atoms with Gasteiger partial charge in [-0.25, -0.2) is 13.1 Å². The third-order valence-corrected chi connectivity index (χ3v) is 8.47. The first-order chi connectivity index (χ1) is 18.3. The van der Waals surface area contributed by atoms with E-state index in [9.17, 15) is 13.2 Å². The van der Waals surface area contributed by atoms with Crippen molar-refractivity contribution in [2.45, 2.75) is 49.2 Å². The van der Waals surface area contributed by atoms with Crippen LogP contribution in [0.5, 0.6) is 0 Å². The number of likely N-dealkylation sites (tertiary alicyclic amines) is 1. The summed E-state index contributed by atoms with van der Waals surface area (Å²) in [6.07, 6.45) is 6.71. The highest BCUT2D eigenvalue weighted by atomic mass is 35.5. The van der Waals surface area contributed by atoms with E-state index in [1.54, 1.807) is 12.1 Å². The molecule has 0 radical (unpaired) electrons. The monoisotopic (exact) mass is 552 g/mol. The number of unbranched alkanes of at least 4 members (excludes halogenated alkanes) is 1. The lowest BCUT2D eigenvalue weighted by Gasteiger charge is -2.22. The fraction of sp³-hybridized carbons (Fsp3) is 0.300. The summed E-state index contributed by atoms with van der Waals surface area (Å²) in [5.74, 6) is -0.212. The smallest absolute Gasteiger partial charge is 0.305 e. The molecule has 2 atom stereocenters. The molecule has 1 heterocycles. The van der Waals surface area contributed by atoms with Crippen molar-refractivity contribution in [2.24, 2.45) is 0 Å². The predicted molar refractivity (Wildman–Crippen MR) is 151 cm³/mol. The van der Waals surface area contributed by atoms with E-state index in [0.29, 0.717) is 37.4 Å². The third-order valence-electron chi connectivity index (χ3n) is 6.68. The molecule has 3 aromatic carbocycles. The van der Waals surface area contributed by atoms with E-state index in [2.05, 4.69) is 58.2 Å². The maximum atomic E-state index is 13.0. The first-order valence-corrected chi connectivity index (χ1v) is 14.6. The Labute approximate surface area is 230 Å². The van der Waals surface area contributed by atoms with Crippen LogP contribution in [0, 0.1) is 0 Å². The van der Waals surface area contributed by atoms with Crippen molar-refractivity contribution < 1.29 is 17.9 Å². The van der Waals surface area contributed by atoms with Crippen LogP contribution in [0.15, 0.2) is 95.9 Å². The van der Waals surface area contributed by atoms with Crippen LogP contribution in [-0.4, -0.2) is 45.0 Å².